The minimum absolute atomic E-state index is 0.524. The van der Waals surface area contributed by atoms with E-state index in [1.54, 1.807) is 4.68 Å². The minimum atomic E-state index is 0.524. The topological polar surface area (TPSA) is 103 Å². The number of benzene rings is 2. The van der Waals surface area contributed by atoms with Gasteiger partial charge in [-0.1, -0.05) is 31.2 Å². The molecule has 1 fully saturated rings. The smallest absolute Gasteiger partial charge is 0.225 e. The molecule has 1 unspecified atom stereocenters. The van der Waals surface area contributed by atoms with Gasteiger partial charge in [0.1, 0.15) is 5.82 Å². The van der Waals surface area contributed by atoms with Crippen LogP contribution in [0.3, 0.4) is 0 Å². The van der Waals surface area contributed by atoms with Crippen molar-refractivity contribution in [1.29, 1.82) is 0 Å². The summed E-state index contributed by atoms with van der Waals surface area (Å²) >= 11 is 0. The van der Waals surface area contributed by atoms with Gasteiger partial charge in [-0.3, -0.25) is 10.00 Å². The van der Waals surface area contributed by atoms with E-state index >= 15 is 0 Å². The number of aryl methyl sites for hydroxylation is 1. The van der Waals surface area contributed by atoms with E-state index in [-0.39, 0.29) is 0 Å². The first-order valence-electron chi connectivity index (χ1n) is 13.1. The Bertz CT molecular complexity index is 1590. The van der Waals surface area contributed by atoms with Crippen LogP contribution in [-0.4, -0.2) is 52.4 Å². The Labute approximate surface area is 215 Å². The van der Waals surface area contributed by atoms with Crippen molar-refractivity contribution in [2.24, 2.45) is 7.05 Å². The van der Waals surface area contributed by atoms with Gasteiger partial charge in [0, 0.05) is 48.3 Å². The van der Waals surface area contributed by atoms with Crippen LogP contribution in [0.5, 0.6) is 0 Å². The summed E-state index contributed by atoms with van der Waals surface area (Å²) in [7, 11) is 1.92. The van der Waals surface area contributed by atoms with Crippen LogP contribution < -0.4 is 5.32 Å². The molecule has 1 aliphatic heterocycles. The van der Waals surface area contributed by atoms with Gasteiger partial charge in [-0.15, -0.1) is 5.10 Å². The number of aromatic amines is 2. The Morgan fingerprint density at radius 3 is 2.65 bits per heavy atom. The van der Waals surface area contributed by atoms with Crippen molar-refractivity contribution in [1.82, 2.24) is 39.8 Å². The maximum atomic E-state index is 4.92. The van der Waals surface area contributed by atoms with E-state index in [2.05, 4.69) is 75.6 Å². The highest BCUT2D eigenvalue weighted by atomic mass is 15.4. The normalized spacial score (nSPS) is 17.9. The first-order chi connectivity index (χ1) is 18.1. The zero-order chi connectivity index (χ0) is 25.1. The van der Waals surface area contributed by atoms with E-state index in [1.165, 1.54) is 35.2 Å². The van der Waals surface area contributed by atoms with Crippen LogP contribution in [0.25, 0.3) is 33.7 Å². The van der Waals surface area contributed by atoms with E-state index < -0.39 is 0 Å². The lowest BCUT2D eigenvalue weighted by atomic mass is 10.0. The second kappa shape index (κ2) is 8.55. The fourth-order valence-electron chi connectivity index (χ4n) is 5.55. The number of hydrogen-bond acceptors (Lipinski definition) is 6. The lowest BCUT2D eigenvalue weighted by Crippen LogP contribution is -2.38. The molecule has 0 saturated heterocycles. The number of H-pyrrole nitrogens is 2. The second-order valence-corrected chi connectivity index (χ2v) is 10.3. The number of likely N-dealkylation sites (N-methyl/N-ethyl adjacent to an activating group) is 1. The van der Waals surface area contributed by atoms with Gasteiger partial charge in [-0.25, -0.2) is 9.67 Å². The predicted octanol–water partition coefficient (Wildman–Crippen LogP) is 5.14. The molecule has 2 aliphatic rings. The molecule has 1 saturated carbocycles. The summed E-state index contributed by atoms with van der Waals surface area (Å²) in [6.07, 6.45) is 5.34. The van der Waals surface area contributed by atoms with Crippen molar-refractivity contribution in [3.05, 3.63) is 59.5 Å². The number of rotatable bonds is 6. The molecule has 3 aromatic heterocycles. The molecule has 5 aromatic rings. The van der Waals surface area contributed by atoms with E-state index in [0.717, 1.165) is 53.6 Å². The van der Waals surface area contributed by atoms with E-state index in [0.29, 0.717) is 17.8 Å². The maximum absolute atomic E-state index is 4.92. The first-order valence-corrected chi connectivity index (χ1v) is 13.1. The third-order valence-corrected chi connectivity index (χ3v) is 7.82. The van der Waals surface area contributed by atoms with Crippen molar-refractivity contribution in [2.75, 3.05) is 11.9 Å². The molecule has 1 atom stereocenters. The number of fused-ring (bicyclic) bond motifs is 2. The molecule has 188 valence electrons. The van der Waals surface area contributed by atoms with Crippen LogP contribution in [0.2, 0.25) is 0 Å². The number of anilines is 2. The molecule has 9 nitrogen and oxygen atoms in total. The van der Waals surface area contributed by atoms with Gasteiger partial charge in [0.15, 0.2) is 5.82 Å². The standard InChI is InChI=1S/C28H31N9/c1-4-37-15-24-23(13-16(37)2)30-26(31-24)18-7-9-19(10-8-18)27-33-28(36(3)35-27)32-22-12-11-21-20(14-29-34-21)25(22)17-5-6-17/h7-12,14,16-17H,4-6,13,15H2,1-3H3,(H,29,34)(H,30,31)(H,32,33,35). The van der Waals surface area contributed by atoms with E-state index in [9.17, 15) is 0 Å². The maximum Gasteiger partial charge on any atom is 0.225 e. The van der Waals surface area contributed by atoms with Crippen LogP contribution in [0, 0.1) is 0 Å². The highest BCUT2D eigenvalue weighted by molar-refractivity contribution is 5.89. The molecule has 4 heterocycles. The molecule has 3 N–H and O–H groups in total. The van der Waals surface area contributed by atoms with Gasteiger partial charge < -0.3 is 10.3 Å². The molecule has 0 bridgehead atoms. The fraction of sp³-hybridized carbons (Fsp3) is 0.357. The zero-order valence-corrected chi connectivity index (χ0v) is 21.4. The third kappa shape index (κ3) is 3.90. The second-order valence-electron chi connectivity index (χ2n) is 10.3. The van der Waals surface area contributed by atoms with Crippen LogP contribution in [-0.2, 0) is 20.0 Å². The van der Waals surface area contributed by atoms with Crippen LogP contribution in [0.4, 0.5) is 11.6 Å². The molecule has 0 amide bonds. The largest absolute Gasteiger partial charge is 0.341 e. The fourth-order valence-corrected chi connectivity index (χ4v) is 5.55. The van der Waals surface area contributed by atoms with Crippen LogP contribution in [0.1, 0.15) is 49.6 Å². The monoisotopic (exact) mass is 493 g/mol. The minimum Gasteiger partial charge on any atom is -0.341 e. The van der Waals surface area contributed by atoms with Gasteiger partial charge in [-0.2, -0.15) is 10.1 Å². The SMILES string of the molecule is CCN1Cc2[nH]c(-c3ccc(-c4nc(Nc5ccc6[nH]ncc6c5C5CC5)n(C)n4)cc3)nc2CC1C. The molecule has 1 aliphatic carbocycles. The van der Waals surface area contributed by atoms with Crippen molar-refractivity contribution in [3.8, 4) is 22.8 Å². The summed E-state index contributed by atoms with van der Waals surface area (Å²) in [5.74, 6) is 2.92. The molecule has 37 heavy (non-hydrogen) atoms. The summed E-state index contributed by atoms with van der Waals surface area (Å²) in [4.78, 5) is 15.8. The Balaban J connectivity index is 1.14. The lowest BCUT2D eigenvalue weighted by molar-refractivity contribution is 0.191. The summed E-state index contributed by atoms with van der Waals surface area (Å²) < 4.78 is 1.81. The quantitative estimate of drug-likeness (QED) is 0.303. The van der Waals surface area contributed by atoms with Gasteiger partial charge in [0.2, 0.25) is 5.95 Å². The highest BCUT2D eigenvalue weighted by Crippen LogP contribution is 2.47. The van der Waals surface area contributed by atoms with E-state index in [4.69, 9.17) is 15.1 Å². The van der Waals surface area contributed by atoms with Crippen molar-refractivity contribution >= 4 is 22.5 Å². The average molecular weight is 494 g/mol. The number of hydrogen-bond donors (Lipinski definition) is 3. The summed E-state index contributed by atoms with van der Waals surface area (Å²) in [6.45, 7) is 6.48. The Kier molecular flexibility index (Phi) is 5.14. The molecule has 2 aromatic carbocycles. The summed E-state index contributed by atoms with van der Waals surface area (Å²) in [5.41, 5.74) is 7.94. The number of aromatic nitrogens is 7. The first kappa shape index (κ1) is 22.2. The van der Waals surface area contributed by atoms with E-state index in [1.807, 2.05) is 13.2 Å². The van der Waals surface area contributed by atoms with Crippen molar-refractivity contribution < 1.29 is 0 Å². The van der Waals surface area contributed by atoms with Crippen LogP contribution >= 0.6 is 0 Å². The van der Waals surface area contributed by atoms with Crippen molar-refractivity contribution in [2.45, 2.75) is 51.6 Å². The average Bonchev–Trinajstić information content (AvgIpc) is 3.30. The Morgan fingerprint density at radius 1 is 1.05 bits per heavy atom. The summed E-state index contributed by atoms with van der Waals surface area (Å²) in [6, 6.07) is 13.1. The Morgan fingerprint density at radius 2 is 1.86 bits per heavy atom. The number of imidazole rings is 1. The molecular weight excluding hydrogens is 462 g/mol. The lowest BCUT2D eigenvalue weighted by Gasteiger charge is -2.31. The van der Waals surface area contributed by atoms with Crippen molar-refractivity contribution in [3.63, 3.8) is 0 Å². The number of nitrogens with zero attached hydrogens (tertiary/aromatic N) is 6. The highest BCUT2D eigenvalue weighted by Gasteiger charge is 2.29. The predicted molar refractivity (Wildman–Crippen MR) is 145 cm³/mol. The van der Waals surface area contributed by atoms with Crippen LogP contribution in [0.15, 0.2) is 42.6 Å². The van der Waals surface area contributed by atoms with Gasteiger partial charge in [-0.05, 0) is 49.9 Å². The zero-order valence-electron chi connectivity index (χ0n) is 21.4. The Hall–Kier alpha value is -3.98. The molecule has 0 radical (unpaired) electrons. The van der Waals surface area contributed by atoms with Gasteiger partial charge in [0.05, 0.1) is 23.1 Å². The molecule has 7 rings (SSSR count). The summed E-state index contributed by atoms with van der Waals surface area (Å²) in [5, 5.41) is 16.8. The molecule has 0 spiro atoms. The molecule has 9 heteroatoms. The third-order valence-electron chi connectivity index (χ3n) is 7.82. The van der Waals surface area contributed by atoms with Gasteiger partial charge >= 0.3 is 0 Å². The molecular formula is C28H31N9. The number of nitrogens with one attached hydrogen (secondary N) is 3. The van der Waals surface area contributed by atoms with Gasteiger partial charge in [0.25, 0.3) is 0 Å².